The minimum Gasteiger partial charge on any atom is -0.379 e. The first-order chi connectivity index (χ1) is 15.7. The molecule has 0 unspecified atom stereocenters. The van der Waals surface area contributed by atoms with Crippen molar-refractivity contribution in [1.29, 1.82) is 0 Å². The Morgan fingerprint density at radius 3 is 1.97 bits per heavy atom. The van der Waals surface area contributed by atoms with Crippen LogP contribution in [0.2, 0.25) is 0 Å². The van der Waals surface area contributed by atoms with Crippen LogP contribution >= 0.6 is 0 Å². The highest BCUT2D eigenvalue weighted by Crippen LogP contribution is 2.38. The summed E-state index contributed by atoms with van der Waals surface area (Å²) in [6, 6.07) is 15.3. The van der Waals surface area contributed by atoms with Gasteiger partial charge in [-0.25, -0.2) is 0 Å². The van der Waals surface area contributed by atoms with Gasteiger partial charge in [0, 0.05) is 31.6 Å². The Hall–Kier alpha value is -2.19. The molecule has 2 aliphatic rings. The van der Waals surface area contributed by atoms with Gasteiger partial charge in [-0.1, -0.05) is 42.5 Å². The largest absolute Gasteiger partial charge is 0.379 e. The van der Waals surface area contributed by atoms with Crippen LogP contribution in [-0.4, -0.2) is 88.0 Å². The molecule has 4 rings (SSSR count). The van der Waals surface area contributed by atoms with E-state index in [-0.39, 0.29) is 11.4 Å². The van der Waals surface area contributed by atoms with Crippen LogP contribution in [0, 0.1) is 0 Å². The van der Waals surface area contributed by atoms with Gasteiger partial charge >= 0.3 is 0 Å². The maximum absolute atomic E-state index is 5.84. The fourth-order valence-corrected chi connectivity index (χ4v) is 4.96. The van der Waals surface area contributed by atoms with Gasteiger partial charge in [-0.05, 0) is 42.3 Å². The molecule has 2 heterocycles. The van der Waals surface area contributed by atoms with E-state index in [1.54, 1.807) is 0 Å². The van der Waals surface area contributed by atoms with Gasteiger partial charge in [0.2, 0.25) is 0 Å². The van der Waals surface area contributed by atoms with Gasteiger partial charge in [-0.3, -0.25) is 14.8 Å². The van der Waals surface area contributed by atoms with Crippen molar-refractivity contribution in [3.8, 4) is 0 Å². The number of aliphatic imine (C=N–C) groups is 1. The van der Waals surface area contributed by atoms with Crippen molar-refractivity contribution in [2.75, 3.05) is 72.2 Å². The minimum absolute atomic E-state index is 0.151. The molecule has 2 saturated heterocycles. The van der Waals surface area contributed by atoms with E-state index in [0.29, 0.717) is 6.54 Å². The van der Waals surface area contributed by atoms with E-state index in [2.05, 4.69) is 57.3 Å². The molecular weight excluding hydrogens is 402 g/mol. The molecule has 7 heteroatoms. The average molecular weight is 440 g/mol. The summed E-state index contributed by atoms with van der Waals surface area (Å²) in [6.07, 6.45) is 2.00. The second-order valence-electron chi connectivity index (χ2n) is 8.96. The highest BCUT2D eigenvalue weighted by atomic mass is 16.5. The second-order valence-corrected chi connectivity index (χ2v) is 8.96. The van der Waals surface area contributed by atoms with Crippen LogP contribution in [0.25, 0.3) is 10.8 Å². The van der Waals surface area contributed by atoms with Gasteiger partial charge in [0.1, 0.15) is 0 Å². The Morgan fingerprint density at radius 1 is 0.812 bits per heavy atom. The second kappa shape index (κ2) is 11.1. The molecule has 0 aliphatic carbocycles. The molecule has 32 heavy (non-hydrogen) atoms. The van der Waals surface area contributed by atoms with Crippen LogP contribution in [0.3, 0.4) is 0 Å². The van der Waals surface area contributed by atoms with Crippen LogP contribution in [0.15, 0.2) is 47.5 Å². The summed E-state index contributed by atoms with van der Waals surface area (Å²) in [7, 11) is 0. The number of morpholine rings is 2. The zero-order chi connectivity index (χ0) is 22.2. The van der Waals surface area contributed by atoms with Gasteiger partial charge in [0.05, 0.1) is 33.0 Å². The highest BCUT2D eigenvalue weighted by molar-refractivity contribution is 5.86. The lowest BCUT2D eigenvalue weighted by atomic mass is 9.72. The number of nitrogens with zero attached hydrogens (tertiary/aromatic N) is 3. The topological polar surface area (TPSA) is 89.3 Å². The third kappa shape index (κ3) is 5.78. The molecule has 0 aromatic heterocycles. The van der Waals surface area contributed by atoms with Crippen molar-refractivity contribution in [3.05, 3.63) is 48.0 Å². The van der Waals surface area contributed by atoms with Gasteiger partial charge in [0.25, 0.3) is 0 Å². The molecule has 2 aromatic carbocycles. The SMILES string of the molecule is NC(N)=NCC(CCN1CCOCC1)(CCN1CCOCC1)c1cccc2ccccc12. The maximum atomic E-state index is 5.84. The summed E-state index contributed by atoms with van der Waals surface area (Å²) in [4.78, 5) is 9.61. The fourth-order valence-electron chi connectivity index (χ4n) is 4.96. The molecule has 174 valence electrons. The number of nitrogens with two attached hydrogens (primary N) is 2. The molecule has 0 spiro atoms. The van der Waals surface area contributed by atoms with Crippen LogP contribution in [0.5, 0.6) is 0 Å². The molecule has 4 N–H and O–H groups in total. The quantitative estimate of drug-likeness (QED) is 0.457. The number of rotatable bonds is 9. The summed E-state index contributed by atoms with van der Waals surface area (Å²) in [5.74, 6) is 0.160. The first kappa shape index (κ1) is 23.0. The first-order valence-corrected chi connectivity index (χ1v) is 11.8. The molecule has 7 nitrogen and oxygen atoms in total. The molecule has 2 aliphatic heterocycles. The van der Waals surface area contributed by atoms with Crippen molar-refractivity contribution in [3.63, 3.8) is 0 Å². The number of guanidine groups is 1. The van der Waals surface area contributed by atoms with Gasteiger partial charge < -0.3 is 20.9 Å². The number of hydrogen-bond acceptors (Lipinski definition) is 5. The van der Waals surface area contributed by atoms with Crippen molar-refractivity contribution < 1.29 is 9.47 Å². The monoisotopic (exact) mass is 439 g/mol. The number of hydrogen-bond donors (Lipinski definition) is 2. The van der Waals surface area contributed by atoms with Gasteiger partial charge in [0.15, 0.2) is 5.96 Å². The van der Waals surface area contributed by atoms with E-state index < -0.39 is 0 Å². The zero-order valence-electron chi connectivity index (χ0n) is 19.0. The Balaban J connectivity index is 1.68. The normalized spacial score (nSPS) is 18.6. The van der Waals surface area contributed by atoms with Crippen LogP contribution in [0.1, 0.15) is 18.4 Å². The number of ether oxygens (including phenoxy) is 2. The third-order valence-corrected chi connectivity index (χ3v) is 6.95. The maximum Gasteiger partial charge on any atom is 0.185 e. The Labute approximate surface area is 191 Å². The summed E-state index contributed by atoms with van der Waals surface area (Å²) < 4.78 is 11.1. The molecule has 0 amide bonds. The smallest absolute Gasteiger partial charge is 0.185 e. The van der Waals surface area contributed by atoms with E-state index in [1.807, 2.05) is 0 Å². The summed E-state index contributed by atoms with van der Waals surface area (Å²) in [5, 5.41) is 2.56. The molecule has 2 aromatic rings. The minimum atomic E-state index is -0.151. The van der Waals surface area contributed by atoms with Crippen molar-refractivity contribution in [1.82, 2.24) is 9.80 Å². The Bertz CT molecular complexity index is 860. The standard InChI is InChI=1S/C25H37N5O2/c26-24(27)28-20-25(8-10-29-12-16-31-17-13-29,9-11-30-14-18-32-19-15-30)23-7-3-5-21-4-1-2-6-22(21)23/h1-7H,8-20H2,(H4,26,27,28). The lowest BCUT2D eigenvalue weighted by Crippen LogP contribution is -2.44. The van der Waals surface area contributed by atoms with Crippen LogP contribution in [-0.2, 0) is 14.9 Å². The van der Waals surface area contributed by atoms with E-state index >= 15 is 0 Å². The average Bonchev–Trinajstić information content (AvgIpc) is 2.85. The van der Waals surface area contributed by atoms with Gasteiger partial charge in [-0.15, -0.1) is 0 Å². The highest BCUT2D eigenvalue weighted by Gasteiger charge is 2.35. The Morgan fingerprint density at radius 2 is 1.38 bits per heavy atom. The van der Waals surface area contributed by atoms with E-state index in [1.165, 1.54) is 16.3 Å². The first-order valence-electron chi connectivity index (χ1n) is 11.8. The summed E-state index contributed by atoms with van der Waals surface area (Å²) in [5.41, 5.74) is 12.9. The summed E-state index contributed by atoms with van der Waals surface area (Å²) >= 11 is 0. The predicted octanol–water partition coefficient (Wildman–Crippen LogP) is 1.80. The van der Waals surface area contributed by atoms with Crippen molar-refractivity contribution in [2.24, 2.45) is 16.5 Å². The fraction of sp³-hybridized carbons (Fsp3) is 0.560. The third-order valence-electron chi connectivity index (χ3n) is 6.95. The molecular formula is C25H37N5O2. The van der Waals surface area contributed by atoms with Gasteiger partial charge in [-0.2, -0.15) is 0 Å². The van der Waals surface area contributed by atoms with Crippen LogP contribution in [0.4, 0.5) is 0 Å². The van der Waals surface area contributed by atoms with E-state index in [4.69, 9.17) is 20.9 Å². The molecule has 0 bridgehead atoms. The molecule has 0 radical (unpaired) electrons. The predicted molar refractivity (Wildman–Crippen MR) is 130 cm³/mol. The van der Waals surface area contributed by atoms with Crippen molar-refractivity contribution in [2.45, 2.75) is 18.3 Å². The summed E-state index contributed by atoms with van der Waals surface area (Å²) in [6.45, 7) is 9.78. The molecule has 0 atom stereocenters. The lowest BCUT2D eigenvalue weighted by molar-refractivity contribution is 0.0283. The molecule has 0 saturated carbocycles. The zero-order valence-corrected chi connectivity index (χ0v) is 19.0. The van der Waals surface area contributed by atoms with Crippen LogP contribution < -0.4 is 11.5 Å². The van der Waals surface area contributed by atoms with E-state index in [0.717, 1.165) is 78.5 Å². The lowest BCUT2D eigenvalue weighted by Gasteiger charge is -2.39. The molecule has 2 fully saturated rings. The van der Waals surface area contributed by atoms with Crippen molar-refractivity contribution >= 4 is 16.7 Å². The number of fused-ring (bicyclic) bond motifs is 1. The van der Waals surface area contributed by atoms with E-state index in [9.17, 15) is 0 Å². The number of benzene rings is 2. The Kier molecular flexibility index (Phi) is 7.97.